The van der Waals surface area contributed by atoms with Crippen molar-refractivity contribution in [1.29, 1.82) is 0 Å². The Labute approximate surface area is 103 Å². The van der Waals surface area contributed by atoms with Gasteiger partial charge in [-0.2, -0.15) is 0 Å². The number of hydrogen-bond acceptors (Lipinski definition) is 1. The van der Waals surface area contributed by atoms with Crippen LogP contribution in [0.2, 0.25) is 0 Å². The second-order valence-corrected chi connectivity index (χ2v) is 5.05. The quantitative estimate of drug-likeness (QED) is 0.823. The van der Waals surface area contributed by atoms with E-state index < -0.39 is 0 Å². The molecule has 0 amide bonds. The van der Waals surface area contributed by atoms with Gasteiger partial charge < -0.3 is 5.11 Å². The summed E-state index contributed by atoms with van der Waals surface area (Å²) in [6.07, 6.45) is 5.15. The third-order valence-electron chi connectivity index (χ3n) is 2.85. The maximum atomic E-state index is 13.1. The third kappa shape index (κ3) is 2.92. The second kappa shape index (κ2) is 5.11. The van der Waals surface area contributed by atoms with Crippen molar-refractivity contribution in [2.75, 3.05) is 0 Å². The molecule has 1 nitrogen and oxygen atoms in total. The van der Waals surface area contributed by atoms with Crippen LogP contribution < -0.4 is 0 Å². The maximum absolute atomic E-state index is 13.1. The van der Waals surface area contributed by atoms with Crippen LogP contribution in [0.3, 0.4) is 0 Å². The third-order valence-corrected chi connectivity index (χ3v) is 3.62. The molecule has 1 aliphatic rings. The highest BCUT2D eigenvalue weighted by Crippen LogP contribution is 2.25. The zero-order valence-corrected chi connectivity index (χ0v) is 10.5. The molecule has 3 heteroatoms. The number of benzene rings is 1. The molecule has 0 aromatic heterocycles. The Morgan fingerprint density at radius 3 is 3.00 bits per heavy atom. The lowest BCUT2D eigenvalue weighted by Crippen LogP contribution is -2.10. The monoisotopic (exact) mass is 284 g/mol. The van der Waals surface area contributed by atoms with Crippen molar-refractivity contribution < 1.29 is 9.50 Å². The predicted molar refractivity (Wildman–Crippen MR) is 65.7 cm³/mol. The molecule has 1 aromatic rings. The highest BCUT2D eigenvalue weighted by atomic mass is 79.9. The highest BCUT2D eigenvalue weighted by molar-refractivity contribution is 9.10. The average molecular weight is 285 g/mol. The highest BCUT2D eigenvalue weighted by Gasteiger charge is 2.12. The lowest BCUT2D eigenvalue weighted by Gasteiger charge is -2.17. The second-order valence-electron chi connectivity index (χ2n) is 4.20. The van der Waals surface area contributed by atoms with E-state index in [9.17, 15) is 9.50 Å². The molecule has 16 heavy (non-hydrogen) atoms. The summed E-state index contributed by atoms with van der Waals surface area (Å²) in [7, 11) is 0. The van der Waals surface area contributed by atoms with Crippen molar-refractivity contribution in [3.63, 3.8) is 0 Å². The average Bonchev–Trinajstić information content (AvgIpc) is 2.24. The summed E-state index contributed by atoms with van der Waals surface area (Å²) < 4.78 is 14.0. The molecule has 1 aromatic carbocycles. The van der Waals surface area contributed by atoms with Crippen LogP contribution in [0.25, 0.3) is 0 Å². The summed E-state index contributed by atoms with van der Waals surface area (Å²) >= 11 is 3.42. The van der Waals surface area contributed by atoms with Crippen LogP contribution in [0.1, 0.15) is 24.8 Å². The smallest absolute Gasteiger partial charge is 0.123 e. The normalized spacial score (nSPS) is 20.7. The van der Waals surface area contributed by atoms with E-state index in [1.54, 1.807) is 12.1 Å². The Balaban J connectivity index is 2.17. The fourth-order valence-electron chi connectivity index (χ4n) is 2.05. The Bertz CT molecular complexity index is 414. The Kier molecular flexibility index (Phi) is 3.77. The molecule has 0 radical (unpaired) electrons. The first-order valence-corrected chi connectivity index (χ1v) is 6.26. The van der Waals surface area contributed by atoms with Crippen molar-refractivity contribution in [3.05, 3.63) is 45.7 Å². The molecule has 0 bridgehead atoms. The first-order chi connectivity index (χ1) is 7.65. The Morgan fingerprint density at radius 1 is 1.44 bits per heavy atom. The van der Waals surface area contributed by atoms with Gasteiger partial charge in [-0.1, -0.05) is 27.6 Å². The summed E-state index contributed by atoms with van der Waals surface area (Å²) in [6.45, 7) is 0. The molecule has 1 aliphatic carbocycles. The molecule has 0 heterocycles. The summed E-state index contributed by atoms with van der Waals surface area (Å²) in [5.74, 6) is -0.213. The molecule has 1 atom stereocenters. The number of hydrogen-bond donors (Lipinski definition) is 1. The van der Waals surface area contributed by atoms with Crippen molar-refractivity contribution in [1.82, 2.24) is 0 Å². The minimum Gasteiger partial charge on any atom is -0.389 e. The fourth-order valence-corrected chi connectivity index (χ4v) is 2.43. The molecule has 0 saturated carbocycles. The van der Waals surface area contributed by atoms with E-state index in [-0.39, 0.29) is 11.9 Å². The standard InChI is InChI=1S/C13H14BrFO/c14-13-5-4-11(15)8-10(13)6-9-2-1-3-12(16)7-9/h4-5,7-8,12,16H,1-3,6H2. The van der Waals surface area contributed by atoms with Gasteiger partial charge in [0.15, 0.2) is 0 Å². The first kappa shape index (κ1) is 11.8. The molecule has 0 fully saturated rings. The molecule has 86 valence electrons. The van der Waals surface area contributed by atoms with Crippen LogP contribution in [0.4, 0.5) is 4.39 Å². The van der Waals surface area contributed by atoms with Crippen LogP contribution in [-0.4, -0.2) is 11.2 Å². The van der Waals surface area contributed by atoms with E-state index in [1.165, 1.54) is 11.6 Å². The van der Waals surface area contributed by atoms with Crippen molar-refractivity contribution in [2.24, 2.45) is 0 Å². The lowest BCUT2D eigenvalue weighted by atomic mass is 9.93. The SMILES string of the molecule is OC1C=C(Cc2cc(F)ccc2Br)CCC1. The summed E-state index contributed by atoms with van der Waals surface area (Å²) in [5, 5.41) is 9.52. The fraction of sp³-hybridized carbons (Fsp3) is 0.385. The van der Waals surface area contributed by atoms with Crippen molar-refractivity contribution >= 4 is 15.9 Å². The summed E-state index contributed by atoms with van der Waals surface area (Å²) in [4.78, 5) is 0. The van der Waals surface area contributed by atoms with E-state index in [0.29, 0.717) is 0 Å². The minimum atomic E-state index is -0.323. The molecule has 0 saturated heterocycles. The molecule has 1 unspecified atom stereocenters. The Hall–Kier alpha value is -0.670. The zero-order chi connectivity index (χ0) is 11.5. The molecular formula is C13H14BrFO. The van der Waals surface area contributed by atoms with Crippen LogP contribution in [0, 0.1) is 5.82 Å². The lowest BCUT2D eigenvalue weighted by molar-refractivity contribution is 0.202. The van der Waals surface area contributed by atoms with Gasteiger partial charge in [0.25, 0.3) is 0 Å². The molecule has 1 N–H and O–H groups in total. The molecule has 0 aliphatic heterocycles. The van der Waals surface area contributed by atoms with Crippen LogP contribution in [0.5, 0.6) is 0 Å². The Morgan fingerprint density at radius 2 is 2.25 bits per heavy atom. The molecular weight excluding hydrogens is 271 g/mol. The van der Waals surface area contributed by atoms with Crippen molar-refractivity contribution in [3.8, 4) is 0 Å². The van der Waals surface area contributed by atoms with E-state index >= 15 is 0 Å². The first-order valence-electron chi connectivity index (χ1n) is 5.47. The van der Waals surface area contributed by atoms with Gasteiger partial charge in [0.1, 0.15) is 5.82 Å². The van der Waals surface area contributed by atoms with E-state index in [4.69, 9.17) is 0 Å². The van der Waals surface area contributed by atoms with E-state index in [0.717, 1.165) is 35.7 Å². The van der Waals surface area contributed by atoms with E-state index in [2.05, 4.69) is 15.9 Å². The van der Waals surface area contributed by atoms with Gasteiger partial charge in [-0.05, 0) is 49.4 Å². The van der Waals surface area contributed by atoms with Gasteiger partial charge in [-0.3, -0.25) is 0 Å². The zero-order valence-electron chi connectivity index (χ0n) is 8.92. The largest absolute Gasteiger partial charge is 0.389 e. The van der Waals surface area contributed by atoms with Gasteiger partial charge in [0.2, 0.25) is 0 Å². The van der Waals surface area contributed by atoms with Gasteiger partial charge in [0, 0.05) is 4.47 Å². The number of halogens is 2. The van der Waals surface area contributed by atoms with Crippen molar-refractivity contribution in [2.45, 2.75) is 31.8 Å². The summed E-state index contributed by atoms with van der Waals surface area (Å²) in [6, 6.07) is 4.72. The molecule has 0 spiro atoms. The maximum Gasteiger partial charge on any atom is 0.123 e. The van der Waals surface area contributed by atoms with Gasteiger partial charge in [-0.15, -0.1) is 0 Å². The number of rotatable bonds is 2. The number of allylic oxidation sites excluding steroid dienone is 1. The topological polar surface area (TPSA) is 20.2 Å². The number of aliphatic hydroxyl groups excluding tert-OH is 1. The number of aliphatic hydroxyl groups is 1. The van der Waals surface area contributed by atoms with Gasteiger partial charge in [-0.25, -0.2) is 4.39 Å². The predicted octanol–water partition coefficient (Wildman–Crippen LogP) is 3.60. The van der Waals surface area contributed by atoms with Crippen LogP contribution >= 0.6 is 15.9 Å². The van der Waals surface area contributed by atoms with Gasteiger partial charge >= 0.3 is 0 Å². The van der Waals surface area contributed by atoms with Gasteiger partial charge in [0.05, 0.1) is 6.10 Å². The molecule has 2 rings (SSSR count). The van der Waals surface area contributed by atoms with Crippen LogP contribution in [0.15, 0.2) is 34.3 Å². The van der Waals surface area contributed by atoms with Crippen LogP contribution in [-0.2, 0) is 6.42 Å². The summed E-state index contributed by atoms with van der Waals surface area (Å²) in [5.41, 5.74) is 2.14. The van der Waals surface area contributed by atoms with E-state index in [1.807, 2.05) is 6.08 Å². The minimum absolute atomic E-state index is 0.213.